The average molecular weight is 328 g/mol. The van der Waals surface area contributed by atoms with Crippen molar-refractivity contribution in [2.45, 2.75) is 19.3 Å². The highest BCUT2D eigenvalue weighted by Crippen LogP contribution is 2.43. The molecular weight excluding hydrogens is 306 g/mol. The molecule has 1 heterocycles. The zero-order valence-electron chi connectivity index (χ0n) is 13.9. The summed E-state index contributed by atoms with van der Waals surface area (Å²) < 4.78 is 0. The van der Waals surface area contributed by atoms with Gasteiger partial charge in [0.05, 0.1) is 12.7 Å². The maximum absolute atomic E-state index is 12.5. The summed E-state index contributed by atoms with van der Waals surface area (Å²) in [5.41, 5.74) is 7.71. The second kappa shape index (κ2) is 6.98. The number of aldehydes is 1. The molecule has 126 valence electrons. The quantitative estimate of drug-likeness (QED) is 0.551. The van der Waals surface area contributed by atoms with Crippen molar-refractivity contribution in [3.8, 4) is 0 Å². The Morgan fingerprint density at radius 3 is 2.83 bits per heavy atom. The Hall–Kier alpha value is -2.44. The molecule has 6 nitrogen and oxygen atoms in total. The first kappa shape index (κ1) is 16.4. The Kier molecular flexibility index (Phi) is 4.78. The van der Waals surface area contributed by atoms with E-state index in [2.05, 4.69) is 10.6 Å². The zero-order valence-corrected chi connectivity index (χ0v) is 13.9. The Balaban J connectivity index is 2.20. The second-order valence-electron chi connectivity index (χ2n) is 5.85. The van der Waals surface area contributed by atoms with E-state index >= 15 is 0 Å². The number of nitrogens with one attached hydrogen (secondary N) is 2. The molecule has 1 amide bonds. The van der Waals surface area contributed by atoms with Crippen LogP contribution in [-0.4, -0.2) is 32.9 Å². The minimum absolute atomic E-state index is 0.218. The molecule has 24 heavy (non-hydrogen) atoms. The lowest BCUT2D eigenvalue weighted by atomic mass is 9.89. The van der Waals surface area contributed by atoms with Crippen LogP contribution in [0, 0.1) is 0 Å². The summed E-state index contributed by atoms with van der Waals surface area (Å²) in [6.07, 6.45) is 9.26. The van der Waals surface area contributed by atoms with Crippen molar-refractivity contribution >= 4 is 23.5 Å². The molecule has 0 atom stereocenters. The summed E-state index contributed by atoms with van der Waals surface area (Å²) in [7, 11) is 3.18. The minimum atomic E-state index is -0.218. The summed E-state index contributed by atoms with van der Waals surface area (Å²) >= 11 is 0. The van der Waals surface area contributed by atoms with Crippen LogP contribution in [0.25, 0.3) is 5.57 Å². The number of rotatable bonds is 5. The van der Waals surface area contributed by atoms with E-state index in [0.29, 0.717) is 17.7 Å². The summed E-state index contributed by atoms with van der Waals surface area (Å²) in [5.74, 6) is -0.218. The van der Waals surface area contributed by atoms with Crippen LogP contribution in [0.5, 0.6) is 0 Å². The molecule has 0 unspecified atom stereocenters. The highest BCUT2D eigenvalue weighted by molar-refractivity contribution is 6.10. The molecule has 1 aromatic carbocycles. The van der Waals surface area contributed by atoms with E-state index in [0.717, 1.165) is 47.9 Å². The molecule has 1 aliphatic carbocycles. The number of amides is 1. The number of quaternary nitrogens is 1. The van der Waals surface area contributed by atoms with Crippen molar-refractivity contribution in [3.05, 3.63) is 46.2 Å². The predicted octanol–water partition coefficient (Wildman–Crippen LogP) is 0.795. The number of nitrogens with two attached hydrogens (primary N) is 1. The summed E-state index contributed by atoms with van der Waals surface area (Å²) in [5, 5.41) is 6.10. The molecule has 0 saturated heterocycles. The van der Waals surface area contributed by atoms with Gasteiger partial charge in [-0.25, -0.2) is 4.84 Å². The lowest BCUT2D eigenvalue weighted by molar-refractivity contribution is -0.842. The maximum atomic E-state index is 12.5. The molecule has 0 spiro atoms. The van der Waals surface area contributed by atoms with Crippen LogP contribution >= 0.6 is 0 Å². The molecule has 0 bridgehead atoms. The lowest BCUT2D eigenvalue weighted by Gasteiger charge is -2.16. The van der Waals surface area contributed by atoms with Crippen LogP contribution in [0.2, 0.25) is 0 Å². The monoisotopic (exact) mass is 328 g/mol. The number of hydrogen-bond acceptors (Lipinski definition) is 4. The Labute approximate surface area is 140 Å². The molecular formula is C18H22N3O3+. The van der Waals surface area contributed by atoms with Crippen LogP contribution < -0.4 is 16.1 Å². The number of fused-ring (bicyclic) bond motifs is 3. The predicted molar refractivity (Wildman–Crippen MR) is 91.8 cm³/mol. The van der Waals surface area contributed by atoms with Crippen molar-refractivity contribution in [1.82, 2.24) is 5.32 Å². The van der Waals surface area contributed by atoms with Gasteiger partial charge in [-0.05, 0) is 42.0 Å². The number of benzene rings is 1. The van der Waals surface area contributed by atoms with Gasteiger partial charge in [-0.2, -0.15) is 5.48 Å². The first-order chi connectivity index (χ1) is 11.7. The van der Waals surface area contributed by atoms with Gasteiger partial charge >= 0.3 is 0 Å². The molecule has 6 heteroatoms. The number of anilines is 1. The van der Waals surface area contributed by atoms with Crippen molar-refractivity contribution < 1.29 is 19.9 Å². The molecule has 1 aliphatic heterocycles. The van der Waals surface area contributed by atoms with Crippen molar-refractivity contribution in [2.75, 3.05) is 26.0 Å². The SMILES string of the molecule is CNC(=O)c1c(C=O)c2c(c3c1/C(=C/C=C\[NH2+]OC)CN3)CCC2. The second-order valence-corrected chi connectivity index (χ2v) is 5.85. The third-order valence-electron chi connectivity index (χ3n) is 4.59. The largest absolute Gasteiger partial charge is 0.380 e. The summed E-state index contributed by atoms with van der Waals surface area (Å²) in [6, 6.07) is 0. The molecule has 2 aliphatic rings. The molecule has 1 aromatic rings. The Morgan fingerprint density at radius 1 is 1.33 bits per heavy atom. The first-order valence-electron chi connectivity index (χ1n) is 8.08. The fraction of sp³-hybridized carbons (Fsp3) is 0.333. The number of carbonyl (C=O) groups excluding carboxylic acids is 2. The van der Waals surface area contributed by atoms with Gasteiger partial charge in [0.25, 0.3) is 5.91 Å². The van der Waals surface area contributed by atoms with Crippen LogP contribution in [0.1, 0.15) is 43.8 Å². The Morgan fingerprint density at radius 2 is 2.12 bits per heavy atom. The lowest BCUT2D eigenvalue weighted by Crippen LogP contribution is -2.75. The van der Waals surface area contributed by atoms with E-state index in [4.69, 9.17) is 4.84 Å². The van der Waals surface area contributed by atoms with Gasteiger partial charge < -0.3 is 10.6 Å². The van der Waals surface area contributed by atoms with Gasteiger partial charge in [-0.3, -0.25) is 9.59 Å². The normalized spacial score (nSPS) is 17.0. The van der Waals surface area contributed by atoms with Gasteiger partial charge in [0.2, 0.25) is 0 Å². The van der Waals surface area contributed by atoms with Gasteiger partial charge in [0, 0.05) is 30.4 Å². The number of carbonyl (C=O) groups is 2. The minimum Gasteiger partial charge on any atom is -0.380 e. The molecule has 0 fully saturated rings. The van der Waals surface area contributed by atoms with E-state index in [-0.39, 0.29) is 5.91 Å². The van der Waals surface area contributed by atoms with Crippen LogP contribution in [0.3, 0.4) is 0 Å². The molecule has 0 aromatic heterocycles. The van der Waals surface area contributed by atoms with Crippen LogP contribution in [-0.2, 0) is 17.7 Å². The first-order valence-corrected chi connectivity index (χ1v) is 8.08. The average Bonchev–Trinajstić information content (AvgIpc) is 3.23. The van der Waals surface area contributed by atoms with Gasteiger partial charge in [0.1, 0.15) is 6.20 Å². The van der Waals surface area contributed by atoms with E-state index in [9.17, 15) is 9.59 Å². The highest BCUT2D eigenvalue weighted by atomic mass is 16.6. The topological polar surface area (TPSA) is 84.0 Å². The van der Waals surface area contributed by atoms with E-state index < -0.39 is 0 Å². The summed E-state index contributed by atoms with van der Waals surface area (Å²) in [6.45, 7) is 0.644. The zero-order chi connectivity index (χ0) is 17.1. The fourth-order valence-corrected chi connectivity index (χ4v) is 3.60. The van der Waals surface area contributed by atoms with Gasteiger partial charge in [-0.15, -0.1) is 0 Å². The maximum Gasteiger partial charge on any atom is 0.252 e. The molecule has 0 radical (unpaired) electrons. The molecule has 4 N–H and O–H groups in total. The third-order valence-corrected chi connectivity index (χ3v) is 4.59. The van der Waals surface area contributed by atoms with Crippen LogP contribution in [0.15, 0.2) is 18.4 Å². The fourth-order valence-electron chi connectivity index (χ4n) is 3.60. The van der Waals surface area contributed by atoms with Crippen LogP contribution in [0.4, 0.5) is 5.69 Å². The van der Waals surface area contributed by atoms with E-state index in [1.165, 1.54) is 5.56 Å². The van der Waals surface area contributed by atoms with Crippen molar-refractivity contribution in [1.29, 1.82) is 0 Å². The standard InChI is InChI=1S/C18H21N3O3/c1-19-18(23)16-14(10-22)12-6-3-7-13(12)17-15(16)11(9-20-17)5-4-8-21-24-2/h4-5,8,10,20-21H,3,6-7,9H2,1-2H3,(H,19,23)/p+1/b8-4-,11-5+. The number of hydrogen-bond donors (Lipinski definition) is 3. The van der Waals surface area contributed by atoms with E-state index in [1.54, 1.807) is 25.8 Å². The van der Waals surface area contributed by atoms with Crippen molar-refractivity contribution in [2.24, 2.45) is 0 Å². The number of hydroxylamine groups is 1. The third kappa shape index (κ3) is 2.64. The van der Waals surface area contributed by atoms with Crippen molar-refractivity contribution in [3.63, 3.8) is 0 Å². The molecule has 3 rings (SSSR count). The van der Waals surface area contributed by atoms with Gasteiger partial charge in [-0.1, -0.05) is 6.08 Å². The van der Waals surface area contributed by atoms with Gasteiger partial charge in [0.15, 0.2) is 6.29 Å². The molecule has 0 saturated carbocycles. The number of allylic oxidation sites excluding steroid dienone is 2. The summed E-state index contributed by atoms with van der Waals surface area (Å²) in [4.78, 5) is 29.1. The van der Waals surface area contributed by atoms with E-state index in [1.807, 2.05) is 12.2 Å². The highest BCUT2D eigenvalue weighted by Gasteiger charge is 2.32. The Bertz CT molecular complexity index is 751. The smallest absolute Gasteiger partial charge is 0.252 e.